The summed E-state index contributed by atoms with van der Waals surface area (Å²) in [5.41, 5.74) is 0.984. The maximum absolute atomic E-state index is 12.7. The molecule has 1 N–H and O–H groups in total. The summed E-state index contributed by atoms with van der Waals surface area (Å²) >= 11 is 2.50. The van der Waals surface area contributed by atoms with E-state index in [1.807, 2.05) is 12.3 Å². The molecule has 0 aliphatic rings. The predicted octanol–water partition coefficient (Wildman–Crippen LogP) is 4.52. The minimum atomic E-state index is -0.930. The lowest BCUT2D eigenvalue weighted by Crippen LogP contribution is -2.21. The maximum Gasteiger partial charge on any atom is 0.340 e. The number of amides is 1. The van der Waals surface area contributed by atoms with Gasteiger partial charge in [0.1, 0.15) is 0 Å². The van der Waals surface area contributed by atoms with Gasteiger partial charge >= 0.3 is 5.97 Å². The van der Waals surface area contributed by atoms with Crippen LogP contribution in [0, 0.1) is 34.1 Å². The first-order valence-corrected chi connectivity index (χ1v) is 10.9. The predicted molar refractivity (Wildman–Crippen MR) is 121 cm³/mol. The molecule has 0 radical (unpaired) electrons. The highest BCUT2D eigenvalue weighted by Gasteiger charge is 2.21. The van der Waals surface area contributed by atoms with Crippen molar-refractivity contribution >= 4 is 52.0 Å². The number of non-ortho nitro benzene ring substituents is 2. The normalized spacial score (nSPS) is 10.5. The number of anilines is 1. The molecule has 0 fully saturated rings. The van der Waals surface area contributed by atoms with Crippen LogP contribution in [0.3, 0.4) is 0 Å². The molecule has 1 amide bonds. The molecule has 33 heavy (non-hydrogen) atoms. The number of carbonyl (C=O) groups is 2. The summed E-state index contributed by atoms with van der Waals surface area (Å²) in [6, 6.07) is 7.73. The van der Waals surface area contributed by atoms with Crippen molar-refractivity contribution in [3.8, 4) is 0 Å². The first-order valence-electron chi connectivity index (χ1n) is 9.24. The number of nitro groups is 2. The van der Waals surface area contributed by atoms with E-state index in [1.54, 1.807) is 6.92 Å². The van der Waals surface area contributed by atoms with Gasteiger partial charge in [0.05, 0.1) is 21.1 Å². The fourth-order valence-electron chi connectivity index (χ4n) is 2.61. The van der Waals surface area contributed by atoms with Crippen molar-refractivity contribution in [2.45, 2.75) is 23.1 Å². The van der Waals surface area contributed by atoms with E-state index in [1.165, 1.54) is 41.7 Å². The zero-order valence-corrected chi connectivity index (χ0v) is 18.9. The van der Waals surface area contributed by atoms with Crippen LogP contribution < -0.4 is 5.32 Å². The van der Waals surface area contributed by atoms with Gasteiger partial charge in [-0.3, -0.25) is 25.0 Å². The summed E-state index contributed by atoms with van der Waals surface area (Å²) in [5.74, 6) is -1.65. The van der Waals surface area contributed by atoms with E-state index in [2.05, 4.69) is 10.3 Å². The highest BCUT2D eigenvalue weighted by atomic mass is 32.2. The Kier molecular flexibility index (Phi) is 7.35. The molecule has 0 aliphatic carbocycles. The Labute approximate surface area is 195 Å². The van der Waals surface area contributed by atoms with E-state index < -0.39 is 28.3 Å². The Morgan fingerprint density at radius 2 is 1.76 bits per heavy atom. The van der Waals surface area contributed by atoms with Gasteiger partial charge in [0.2, 0.25) is 0 Å². The zero-order chi connectivity index (χ0) is 24.1. The number of hydrogen-bond acceptors (Lipinski definition) is 10. The molecule has 2 aromatic carbocycles. The molecule has 0 atom stereocenters. The van der Waals surface area contributed by atoms with Crippen LogP contribution in [0.15, 0.2) is 51.0 Å². The molecular weight excluding hydrogens is 472 g/mol. The smallest absolute Gasteiger partial charge is 0.340 e. The van der Waals surface area contributed by atoms with E-state index in [0.717, 1.165) is 23.5 Å². The highest BCUT2D eigenvalue weighted by Crippen LogP contribution is 2.34. The topological polar surface area (TPSA) is 155 Å². The van der Waals surface area contributed by atoms with Crippen LogP contribution >= 0.6 is 23.1 Å². The third-order valence-corrected chi connectivity index (χ3v) is 6.36. The first kappa shape index (κ1) is 23.8. The summed E-state index contributed by atoms with van der Waals surface area (Å²) in [4.78, 5) is 50.4. The van der Waals surface area contributed by atoms with Crippen LogP contribution in [0.2, 0.25) is 0 Å². The van der Waals surface area contributed by atoms with Gasteiger partial charge in [-0.15, -0.1) is 11.3 Å². The van der Waals surface area contributed by atoms with Crippen molar-refractivity contribution < 1.29 is 24.2 Å². The van der Waals surface area contributed by atoms with E-state index in [0.29, 0.717) is 14.8 Å². The van der Waals surface area contributed by atoms with Crippen molar-refractivity contribution in [1.29, 1.82) is 0 Å². The summed E-state index contributed by atoms with van der Waals surface area (Å²) < 4.78 is 5.69. The fourth-order valence-corrected chi connectivity index (χ4v) is 4.50. The highest BCUT2D eigenvalue weighted by molar-refractivity contribution is 8.01. The Hall–Kier alpha value is -3.84. The molecule has 11 nitrogen and oxygen atoms in total. The average molecular weight is 489 g/mol. The molecule has 3 aromatic rings. The van der Waals surface area contributed by atoms with Gasteiger partial charge in [0.15, 0.2) is 10.9 Å². The monoisotopic (exact) mass is 488 g/mol. The van der Waals surface area contributed by atoms with Gasteiger partial charge in [-0.2, -0.15) is 0 Å². The van der Waals surface area contributed by atoms with Crippen molar-refractivity contribution in [2.75, 3.05) is 11.9 Å². The summed E-state index contributed by atoms with van der Waals surface area (Å²) in [7, 11) is 0. The number of carbonyl (C=O) groups excluding carboxylic acids is 2. The number of aromatic nitrogens is 1. The summed E-state index contributed by atoms with van der Waals surface area (Å²) in [6.45, 7) is 2.77. The van der Waals surface area contributed by atoms with Gasteiger partial charge < -0.3 is 10.1 Å². The number of benzene rings is 2. The molecule has 3 rings (SSSR count). The molecule has 0 bridgehead atoms. The van der Waals surface area contributed by atoms with Crippen LogP contribution in [0.25, 0.3) is 0 Å². The van der Waals surface area contributed by atoms with E-state index in [9.17, 15) is 29.8 Å². The van der Waals surface area contributed by atoms with Crippen LogP contribution in [0.1, 0.15) is 21.6 Å². The van der Waals surface area contributed by atoms with Crippen molar-refractivity contribution in [2.24, 2.45) is 0 Å². The van der Waals surface area contributed by atoms with Crippen molar-refractivity contribution in [1.82, 2.24) is 4.98 Å². The second-order valence-corrected chi connectivity index (χ2v) is 8.82. The number of ether oxygens (including phenoxy) is 1. The molecule has 0 unspecified atom stereocenters. The first-order chi connectivity index (χ1) is 15.6. The third-order valence-electron chi connectivity index (χ3n) is 4.23. The standard InChI is InChI=1S/C20H16N4O7S2/c1-11-3-4-14(24(29)30)8-16(11)22-18(25)9-31-19(26)15-7-13(23(27)28)5-6-17(15)33-20-21-12(2)10-32-20/h3-8,10H,9H2,1-2H3,(H,22,25). The fraction of sp³-hybridized carbons (Fsp3) is 0.150. The molecule has 0 saturated carbocycles. The molecule has 1 aromatic heterocycles. The Morgan fingerprint density at radius 1 is 1.09 bits per heavy atom. The second kappa shape index (κ2) is 10.2. The number of nitrogens with zero attached hydrogens (tertiary/aromatic N) is 3. The Morgan fingerprint density at radius 3 is 2.39 bits per heavy atom. The SMILES string of the molecule is Cc1csc(Sc2ccc([N+](=O)[O-])cc2C(=O)OCC(=O)Nc2cc([N+](=O)[O-])ccc2C)n1. The molecule has 0 spiro atoms. The van der Waals surface area contributed by atoms with Crippen molar-refractivity contribution in [3.05, 3.63) is 78.8 Å². The van der Waals surface area contributed by atoms with Crippen LogP contribution in [0.4, 0.5) is 17.1 Å². The molecule has 13 heteroatoms. The average Bonchev–Trinajstić information content (AvgIpc) is 3.18. The molecule has 0 saturated heterocycles. The number of thiazole rings is 1. The number of nitro benzene ring substituents is 2. The lowest BCUT2D eigenvalue weighted by molar-refractivity contribution is -0.385. The van der Waals surface area contributed by atoms with Crippen LogP contribution in [0.5, 0.6) is 0 Å². The maximum atomic E-state index is 12.7. The molecular formula is C20H16N4O7S2. The van der Waals surface area contributed by atoms with E-state index in [-0.39, 0.29) is 22.6 Å². The van der Waals surface area contributed by atoms with E-state index >= 15 is 0 Å². The second-order valence-electron chi connectivity index (χ2n) is 6.68. The lowest BCUT2D eigenvalue weighted by Gasteiger charge is -2.10. The quantitative estimate of drug-likeness (QED) is 0.274. The lowest BCUT2D eigenvalue weighted by atomic mass is 10.2. The Balaban J connectivity index is 1.74. The van der Waals surface area contributed by atoms with Gasteiger partial charge in [0, 0.05) is 40.2 Å². The van der Waals surface area contributed by atoms with Crippen molar-refractivity contribution in [3.63, 3.8) is 0 Å². The minimum absolute atomic E-state index is 0.0821. The number of hydrogen-bond donors (Lipinski definition) is 1. The molecule has 170 valence electrons. The van der Waals surface area contributed by atoms with Gasteiger partial charge in [-0.05, 0) is 25.5 Å². The van der Waals surface area contributed by atoms with E-state index in [4.69, 9.17) is 4.74 Å². The summed E-state index contributed by atoms with van der Waals surface area (Å²) in [5, 5.41) is 26.4. The molecule has 1 heterocycles. The largest absolute Gasteiger partial charge is 0.452 e. The number of nitrogens with one attached hydrogen (secondary N) is 1. The molecule has 0 aliphatic heterocycles. The Bertz CT molecular complexity index is 1260. The zero-order valence-electron chi connectivity index (χ0n) is 17.3. The van der Waals surface area contributed by atoms with Gasteiger partial charge in [0.25, 0.3) is 17.3 Å². The summed E-state index contributed by atoms with van der Waals surface area (Å²) in [6.07, 6.45) is 0. The van der Waals surface area contributed by atoms with Crippen LogP contribution in [-0.4, -0.2) is 33.3 Å². The number of esters is 1. The van der Waals surface area contributed by atoms with Gasteiger partial charge in [-0.1, -0.05) is 17.8 Å². The third kappa shape index (κ3) is 6.11. The number of rotatable bonds is 8. The van der Waals surface area contributed by atoms with Crippen LogP contribution in [-0.2, 0) is 9.53 Å². The number of aryl methyl sites for hydroxylation is 2. The minimum Gasteiger partial charge on any atom is -0.452 e. The van der Waals surface area contributed by atoms with Gasteiger partial charge in [-0.25, -0.2) is 9.78 Å².